The van der Waals surface area contributed by atoms with Crippen molar-refractivity contribution in [1.82, 2.24) is 0 Å². The minimum atomic E-state index is -2.29. The van der Waals surface area contributed by atoms with Gasteiger partial charge in [-0.05, 0) is 31.2 Å². The van der Waals surface area contributed by atoms with E-state index >= 15 is 0 Å². The van der Waals surface area contributed by atoms with Crippen LogP contribution in [-0.2, 0) is 8.85 Å². The molecule has 0 aliphatic carbocycles. The third kappa shape index (κ3) is 3.04. The molecule has 0 amide bonds. The van der Waals surface area contributed by atoms with Crippen LogP contribution < -0.4 is 0 Å². The molecular weight excluding hydrogens is 216 g/mol. The van der Waals surface area contributed by atoms with Crippen LogP contribution in [0.25, 0.3) is 5.20 Å². The van der Waals surface area contributed by atoms with Gasteiger partial charge in [-0.1, -0.05) is 36.9 Å². The highest BCUT2D eigenvalue weighted by molar-refractivity contribution is 6.85. The molecule has 1 rings (SSSR count). The maximum Gasteiger partial charge on any atom is 0.369 e. The molecule has 0 atom stereocenters. The van der Waals surface area contributed by atoms with Crippen LogP contribution in [0.1, 0.15) is 19.4 Å². The van der Waals surface area contributed by atoms with Crippen LogP contribution in [0, 0.1) is 0 Å². The molecule has 1 aromatic carbocycles. The summed E-state index contributed by atoms with van der Waals surface area (Å²) in [6.07, 6.45) is 0. The minimum absolute atomic E-state index is 0.661. The summed E-state index contributed by atoms with van der Waals surface area (Å²) in [6, 6.07) is 10.1. The van der Waals surface area contributed by atoms with Crippen molar-refractivity contribution >= 4 is 13.8 Å². The third-order valence-electron chi connectivity index (χ3n) is 2.51. The van der Waals surface area contributed by atoms with E-state index in [0.29, 0.717) is 13.2 Å². The monoisotopic (exact) mass is 236 g/mol. The predicted molar refractivity (Wildman–Crippen MR) is 70.3 cm³/mol. The van der Waals surface area contributed by atoms with E-state index in [1.165, 1.54) is 0 Å². The van der Waals surface area contributed by atoms with Crippen molar-refractivity contribution in [1.29, 1.82) is 0 Å². The lowest BCUT2D eigenvalue weighted by molar-refractivity contribution is 0.203. The van der Waals surface area contributed by atoms with Crippen LogP contribution in [0.4, 0.5) is 0 Å². The summed E-state index contributed by atoms with van der Waals surface area (Å²) in [5, 5.41) is 0.997. The van der Waals surface area contributed by atoms with Crippen molar-refractivity contribution < 1.29 is 8.85 Å². The lowest BCUT2D eigenvalue weighted by Gasteiger charge is -2.28. The fourth-order valence-electron chi connectivity index (χ4n) is 1.67. The Bertz CT molecular complexity index is 329. The molecule has 0 heterocycles. The molecule has 0 radical (unpaired) electrons. The molecule has 2 nitrogen and oxygen atoms in total. The third-order valence-corrected chi connectivity index (χ3v) is 5.57. The van der Waals surface area contributed by atoms with Crippen molar-refractivity contribution in [2.45, 2.75) is 20.4 Å². The van der Waals surface area contributed by atoms with E-state index in [9.17, 15) is 0 Å². The first-order chi connectivity index (χ1) is 7.64. The lowest BCUT2D eigenvalue weighted by atomic mass is 10.2. The van der Waals surface area contributed by atoms with Gasteiger partial charge in [0.05, 0.1) is 0 Å². The molecule has 16 heavy (non-hydrogen) atoms. The molecular formula is C13H20O2Si. The lowest BCUT2D eigenvalue weighted by Crippen LogP contribution is -2.40. The van der Waals surface area contributed by atoms with E-state index in [1.54, 1.807) is 0 Å². The van der Waals surface area contributed by atoms with Crippen LogP contribution >= 0.6 is 0 Å². The molecule has 0 unspecified atom stereocenters. The van der Waals surface area contributed by atoms with Gasteiger partial charge in [-0.15, -0.1) is 0 Å². The van der Waals surface area contributed by atoms with E-state index in [-0.39, 0.29) is 0 Å². The van der Waals surface area contributed by atoms with Crippen LogP contribution in [-0.4, -0.2) is 21.8 Å². The van der Waals surface area contributed by atoms with E-state index in [0.717, 1.165) is 10.8 Å². The molecule has 0 N–H and O–H groups in total. The van der Waals surface area contributed by atoms with Gasteiger partial charge in [-0.3, -0.25) is 0 Å². The second kappa shape index (κ2) is 5.99. The zero-order valence-corrected chi connectivity index (χ0v) is 11.3. The van der Waals surface area contributed by atoms with E-state index in [2.05, 4.69) is 13.1 Å². The van der Waals surface area contributed by atoms with Gasteiger partial charge in [-0.2, -0.15) is 0 Å². The van der Waals surface area contributed by atoms with Gasteiger partial charge in [0.25, 0.3) is 0 Å². The Morgan fingerprint density at radius 2 is 1.62 bits per heavy atom. The molecule has 0 aromatic heterocycles. The Morgan fingerprint density at radius 1 is 1.12 bits per heavy atom. The van der Waals surface area contributed by atoms with Crippen LogP contribution in [0.2, 0.25) is 6.55 Å². The van der Waals surface area contributed by atoms with Crippen molar-refractivity contribution in [2.24, 2.45) is 0 Å². The fraction of sp³-hybridized carbons (Fsp3) is 0.385. The molecule has 0 fully saturated rings. The number of hydrogen-bond donors (Lipinski definition) is 0. The minimum Gasteiger partial charge on any atom is -0.391 e. The standard InChI is InChI=1S/C13H20O2Si/c1-5-14-16(4,15-6-2)12(3)13-10-8-7-9-11-13/h7-11H,3,5-6H2,1-2,4H3. The van der Waals surface area contributed by atoms with Crippen LogP contribution in [0.3, 0.4) is 0 Å². The SMILES string of the molecule is C=C(c1ccccc1)[Si](C)(OCC)OCC. The van der Waals surface area contributed by atoms with E-state index in [1.807, 2.05) is 44.2 Å². The Hall–Kier alpha value is -0.903. The van der Waals surface area contributed by atoms with Crippen molar-refractivity contribution in [3.05, 3.63) is 42.5 Å². The van der Waals surface area contributed by atoms with Crippen molar-refractivity contribution in [3.8, 4) is 0 Å². The first-order valence-electron chi connectivity index (χ1n) is 5.66. The smallest absolute Gasteiger partial charge is 0.369 e. The van der Waals surface area contributed by atoms with E-state index < -0.39 is 8.56 Å². The topological polar surface area (TPSA) is 18.5 Å². The fourth-order valence-corrected chi connectivity index (χ4v) is 3.89. The Labute approximate surface area is 99.2 Å². The maximum absolute atomic E-state index is 5.80. The average molecular weight is 236 g/mol. The molecule has 0 bridgehead atoms. The number of hydrogen-bond acceptors (Lipinski definition) is 2. The molecule has 0 saturated heterocycles. The maximum atomic E-state index is 5.80. The highest BCUT2D eigenvalue weighted by Crippen LogP contribution is 2.26. The normalized spacial score (nSPS) is 11.4. The molecule has 1 aromatic rings. The summed E-state index contributed by atoms with van der Waals surface area (Å²) < 4.78 is 11.6. The summed E-state index contributed by atoms with van der Waals surface area (Å²) in [4.78, 5) is 0. The van der Waals surface area contributed by atoms with Gasteiger partial charge < -0.3 is 8.85 Å². The summed E-state index contributed by atoms with van der Waals surface area (Å²) in [5.41, 5.74) is 1.11. The number of benzene rings is 1. The van der Waals surface area contributed by atoms with Crippen molar-refractivity contribution in [3.63, 3.8) is 0 Å². The first kappa shape index (κ1) is 13.2. The molecule has 0 aliphatic rings. The Balaban J connectivity index is 2.91. The summed E-state index contributed by atoms with van der Waals surface area (Å²) >= 11 is 0. The second-order valence-electron chi connectivity index (χ2n) is 3.66. The van der Waals surface area contributed by atoms with Crippen LogP contribution in [0.5, 0.6) is 0 Å². The van der Waals surface area contributed by atoms with Gasteiger partial charge in [0.15, 0.2) is 0 Å². The molecule has 0 spiro atoms. The summed E-state index contributed by atoms with van der Waals surface area (Å²) in [6.45, 7) is 11.5. The number of rotatable bonds is 6. The highest BCUT2D eigenvalue weighted by Gasteiger charge is 2.35. The molecule has 88 valence electrons. The molecule has 3 heteroatoms. The van der Waals surface area contributed by atoms with Crippen LogP contribution in [0.15, 0.2) is 36.9 Å². The predicted octanol–water partition coefficient (Wildman–Crippen LogP) is 3.38. The quantitative estimate of drug-likeness (QED) is 0.705. The zero-order valence-electron chi connectivity index (χ0n) is 10.3. The zero-order chi connectivity index (χ0) is 12.0. The van der Waals surface area contributed by atoms with E-state index in [4.69, 9.17) is 8.85 Å². The largest absolute Gasteiger partial charge is 0.391 e. The highest BCUT2D eigenvalue weighted by atomic mass is 28.4. The van der Waals surface area contributed by atoms with Crippen molar-refractivity contribution in [2.75, 3.05) is 13.2 Å². The second-order valence-corrected chi connectivity index (χ2v) is 6.73. The van der Waals surface area contributed by atoms with Gasteiger partial charge in [0, 0.05) is 13.2 Å². The van der Waals surface area contributed by atoms with Gasteiger partial charge >= 0.3 is 8.56 Å². The van der Waals surface area contributed by atoms with Gasteiger partial charge in [-0.25, -0.2) is 0 Å². The average Bonchev–Trinajstić information content (AvgIpc) is 2.30. The Morgan fingerprint density at radius 3 is 2.06 bits per heavy atom. The van der Waals surface area contributed by atoms with Gasteiger partial charge in [0.2, 0.25) is 0 Å². The Kier molecular flexibility index (Phi) is 4.93. The molecule has 0 saturated carbocycles. The first-order valence-corrected chi connectivity index (χ1v) is 7.98. The molecule has 0 aliphatic heterocycles. The summed E-state index contributed by atoms with van der Waals surface area (Å²) in [7, 11) is -2.29. The van der Waals surface area contributed by atoms with Gasteiger partial charge in [0.1, 0.15) is 0 Å². The summed E-state index contributed by atoms with van der Waals surface area (Å²) in [5.74, 6) is 0.